The van der Waals surface area contributed by atoms with E-state index in [0.29, 0.717) is 0 Å². The van der Waals surface area contributed by atoms with E-state index in [1.165, 1.54) is 0 Å². The first kappa shape index (κ1) is 38.7. The third kappa shape index (κ3) is 10.9. The third-order valence-corrected chi connectivity index (χ3v) is 6.77. The number of benzene rings is 2. The van der Waals surface area contributed by atoms with Crippen LogP contribution in [-0.4, -0.2) is 29.5 Å². The van der Waals surface area contributed by atoms with Gasteiger partial charge < -0.3 is 0 Å². The zero-order valence-electron chi connectivity index (χ0n) is 28.5. The van der Waals surface area contributed by atoms with Gasteiger partial charge >= 0.3 is 0 Å². The summed E-state index contributed by atoms with van der Waals surface area (Å²) in [5.74, 6) is 0. The van der Waals surface area contributed by atoms with Crippen molar-refractivity contribution in [2.75, 3.05) is 0 Å². The molecule has 0 aliphatic carbocycles. The van der Waals surface area contributed by atoms with Crippen LogP contribution >= 0.6 is 15.9 Å². The monoisotopic (exact) mass is 668 g/mol. The fourth-order valence-corrected chi connectivity index (χ4v) is 4.61. The molecular formula is C38H49BrN6. The van der Waals surface area contributed by atoms with Crippen LogP contribution in [0.15, 0.2) is 121 Å². The van der Waals surface area contributed by atoms with E-state index in [0.717, 1.165) is 49.4 Å². The third-order valence-electron chi connectivity index (χ3n) is 5.86. The van der Waals surface area contributed by atoms with Crippen molar-refractivity contribution in [3.8, 4) is 44.8 Å². The predicted molar refractivity (Wildman–Crippen MR) is 197 cm³/mol. The molecule has 238 valence electrons. The lowest BCUT2D eigenvalue weighted by Crippen LogP contribution is -1.89. The Morgan fingerprint density at radius 3 is 1.38 bits per heavy atom. The topological polar surface area (TPSA) is 61.4 Å². The van der Waals surface area contributed by atoms with E-state index < -0.39 is 0 Å². The molecule has 0 aliphatic rings. The summed E-state index contributed by atoms with van der Waals surface area (Å²) in [6.07, 6.45) is 9.24. The minimum Gasteiger partial charge on any atom is -0.275 e. The minimum absolute atomic E-state index is 0.970. The summed E-state index contributed by atoms with van der Waals surface area (Å²) < 4.78 is 4.66. The first-order valence-electron chi connectivity index (χ1n) is 15.8. The van der Waals surface area contributed by atoms with Crippen molar-refractivity contribution in [2.24, 2.45) is 14.1 Å². The van der Waals surface area contributed by atoms with E-state index in [2.05, 4.69) is 60.4 Å². The lowest BCUT2D eigenvalue weighted by atomic mass is 10.0. The van der Waals surface area contributed by atoms with Gasteiger partial charge in [0.2, 0.25) is 0 Å². The highest BCUT2D eigenvalue weighted by Gasteiger charge is 2.17. The van der Waals surface area contributed by atoms with Gasteiger partial charge in [0.1, 0.15) is 16.0 Å². The van der Waals surface area contributed by atoms with Crippen LogP contribution in [0.25, 0.3) is 44.8 Å². The summed E-state index contributed by atoms with van der Waals surface area (Å²) in [7, 11) is 3.87. The van der Waals surface area contributed by atoms with Gasteiger partial charge in [0.05, 0.1) is 0 Å². The summed E-state index contributed by atoms with van der Waals surface area (Å²) >= 11 is 3.62. The van der Waals surface area contributed by atoms with E-state index in [1.807, 2.05) is 146 Å². The average Bonchev–Trinajstić information content (AvgIpc) is 3.68. The second-order valence-corrected chi connectivity index (χ2v) is 9.16. The van der Waals surface area contributed by atoms with Gasteiger partial charge in [-0.3, -0.25) is 19.3 Å². The number of aromatic nitrogens is 6. The van der Waals surface area contributed by atoms with Gasteiger partial charge in [-0.05, 0) is 51.3 Å². The number of aryl methyl sites for hydroxylation is 2. The lowest BCUT2D eigenvalue weighted by Gasteiger charge is -2.03. The SMILES string of the molecule is CC.CC.CC.CC.Cn1cc(-c2ccncc2)c(-c2ccccc2)n1.Cn1nc(-c2ccccc2)c(-c2ccncc2)c1Br. The van der Waals surface area contributed by atoms with Crippen LogP contribution in [0.5, 0.6) is 0 Å². The lowest BCUT2D eigenvalue weighted by molar-refractivity contribution is 0.753. The zero-order valence-corrected chi connectivity index (χ0v) is 30.1. The average molecular weight is 670 g/mol. The molecule has 45 heavy (non-hydrogen) atoms. The van der Waals surface area contributed by atoms with Crippen LogP contribution in [0.2, 0.25) is 0 Å². The van der Waals surface area contributed by atoms with Gasteiger partial charge in [0.25, 0.3) is 0 Å². The Bertz CT molecular complexity index is 1520. The summed E-state index contributed by atoms with van der Waals surface area (Å²) in [6.45, 7) is 16.0. The summed E-state index contributed by atoms with van der Waals surface area (Å²) in [5.41, 5.74) is 8.68. The molecule has 0 amide bonds. The Morgan fingerprint density at radius 1 is 0.489 bits per heavy atom. The van der Waals surface area contributed by atoms with E-state index in [4.69, 9.17) is 0 Å². The molecule has 6 aromatic rings. The molecule has 0 saturated carbocycles. The van der Waals surface area contributed by atoms with Crippen molar-refractivity contribution >= 4 is 15.9 Å². The second kappa shape index (κ2) is 22.2. The Labute approximate surface area is 279 Å². The Morgan fingerprint density at radius 2 is 0.911 bits per heavy atom. The number of nitrogens with zero attached hydrogens (tertiary/aromatic N) is 6. The molecule has 2 aromatic carbocycles. The molecule has 0 fully saturated rings. The van der Waals surface area contributed by atoms with Gasteiger partial charge in [-0.2, -0.15) is 10.2 Å². The molecule has 0 aliphatic heterocycles. The maximum absolute atomic E-state index is 4.61. The minimum atomic E-state index is 0.970. The molecule has 0 unspecified atom stereocenters. The van der Waals surface area contributed by atoms with Gasteiger partial charge in [0.15, 0.2) is 0 Å². The predicted octanol–water partition coefficient (Wildman–Crippen LogP) is 11.2. The Hall–Kier alpha value is -4.36. The Kier molecular flexibility index (Phi) is 19.1. The first-order chi connectivity index (χ1) is 22.1. The van der Waals surface area contributed by atoms with Crippen LogP contribution in [0.3, 0.4) is 0 Å². The molecule has 6 rings (SSSR count). The van der Waals surface area contributed by atoms with E-state index >= 15 is 0 Å². The molecule has 0 N–H and O–H groups in total. The van der Waals surface area contributed by atoms with Crippen molar-refractivity contribution in [3.63, 3.8) is 0 Å². The molecule has 0 bridgehead atoms. The molecule has 0 saturated heterocycles. The maximum Gasteiger partial charge on any atom is 0.112 e. The number of halogens is 1. The number of pyridine rings is 2. The number of hydrogen-bond donors (Lipinski definition) is 0. The zero-order chi connectivity index (χ0) is 33.6. The quantitative estimate of drug-likeness (QED) is 0.187. The van der Waals surface area contributed by atoms with Crippen LogP contribution in [0, 0.1) is 0 Å². The standard InChI is InChI=1S/C15H12BrN3.C15H13N3.4C2H6/c1-19-15(16)13(11-7-9-17-10-8-11)14(18-19)12-5-3-2-4-6-12;1-18-11-14(12-7-9-16-10-8-12)15(17-18)13-5-3-2-4-6-13;4*1-2/h2-10H,1H3;2-11H,1H3;4*1-2H3. The molecular weight excluding hydrogens is 620 g/mol. The van der Waals surface area contributed by atoms with E-state index in [-0.39, 0.29) is 0 Å². The van der Waals surface area contributed by atoms with Crippen molar-refractivity contribution in [3.05, 3.63) is 121 Å². The van der Waals surface area contributed by atoms with Gasteiger partial charge in [-0.1, -0.05) is 116 Å². The number of rotatable bonds is 4. The van der Waals surface area contributed by atoms with Crippen LogP contribution in [0.4, 0.5) is 0 Å². The van der Waals surface area contributed by atoms with Crippen molar-refractivity contribution in [1.29, 1.82) is 0 Å². The molecule has 0 spiro atoms. The number of hydrogen-bond acceptors (Lipinski definition) is 4. The Balaban J connectivity index is 0.000000369. The fourth-order valence-electron chi connectivity index (χ4n) is 4.12. The van der Waals surface area contributed by atoms with Crippen molar-refractivity contribution in [1.82, 2.24) is 29.5 Å². The van der Waals surface area contributed by atoms with E-state index in [9.17, 15) is 0 Å². The second-order valence-electron chi connectivity index (χ2n) is 8.41. The summed E-state index contributed by atoms with van der Waals surface area (Å²) in [5, 5.41) is 9.16. The van der Waals surface area contributed by atoms with Crippen LogP contribution in [0.1, 0.15) is 55.4 Å². The smallest absolute Gasteiger partial charge is 0.112 e. The van der Waals surface area contributed by atoms with Gasteiger partial charge in [0, 0.05) is 67.3 Å². The summed E-state index contributed by atoms with van der Waals surface area (Å²) in [4.78, 5) is 8.12. The largest absolute Gasteiger partial charge is 0.275 e. The molecule has 0 radical (unpaired) electrons. The van der Waals surface area contributed by atoms with Gasteiger partial charge in [-0.25, -0.2) is 0 Å². The maximum atomic E-state index is 4.61. The molecule has 6 nitrogen and oxygen atoms in total. The van der Waals surface area contributed by atoms with Gasteiger partial charge in [-0.15, -0.1) is 0 Å². The molecule has 4 heterocycles. The highest BCUT2D eigenvalue weighted by atomic mass is 79.9. The molecule has 4 aromatic heterocycles. The normalized spacial score (nSPS) is 9.22. The van der Waals surface area contributed by atoms with Crippen molar-refractivity contribution < 1.29 is 0 Å². The summed E-state index contributed by atoms with van der Waals surface area (Å²) in [6, 6.07) is 28.4. The first-order valence-corrected chi connectivity index (χ1v) is 16.6. The molecule has 7 heteroatoms. The van der Waals surface area contributed by atoms with Crippen LogP contribution in [-0.2, 0) is 14.1 Å². The van der Waals surface area contributed by atoms with Crippen LogP contribution < -0.4 is 0 Å². The fraction of sp³-hybridized carbons (Fsp3) is 0.263. The highest BCUT2D eigenvalue weighted by Crippen LogP contribution is 2.36. The molecule has 0 atom stereocenters. The highest BCUT2D eigenvalue weighted by molar-refractivity contribution is 9.10. The van der Waals surface area contributed by atoms with Crippen molar-refractivity contribution in [2.45, 2.75) is 55.4 Å². The van der Waals surface area contributed by atoms with E-state index in [1.54, 1.807) is 24.8 Å².